The van der Waals surface area contributed by atoms with Gasteiger partial charge in [0, 0.05) is 19.0 Å². The summed E-state index contributed by atoms with van der Waals surface area (Å²) >= 11 is 0. The number of amides is 2. The molecule has 3 aromatic rings. The van der Waals surface area contributed by atoms with Crippen LogP contribution in [0, 0.1) is 0 Å². The Hall–Kier alpha value is -3.97. The highest BCUT2D eigenvalue weighted by Crippen LogP contribution is 2.19. The molecule has 4 atom stereocenters. The second kappa shape index (κ2) is 10.6. The first kappa shape index (κ1) is 23.7. The van der Waals surface area contributed by atoms with Crippen LogP contribution in [0.4, 0.5) is 4.79 Å². The summed E-state index contributed by atoms with van der Waals surface area (Å²) in [5.74, 6) is -1.13. The number of urea groups is 1. The molecule has 0 aliphatic carbocycles. The van der Waals surface area contributed by atoms with Crippen molar-refractivity contribution < 1.29 is 29.4 Å². The van der Waals surface area contributed by atoms with Gasteiger partial charge in [-0.25, -0.2) is 14.6 Å². The zero-order valence-electron chi connectivity index (χ0n) is 17.7. The summed E-state index contributed by atoms with van der Waals surface area (Å²) < 4.78 is 5.18. The van der Waals surface area contributed by atoms with Gasteiger partial charge in [0.05, 0.1) is 24.2 Å². The highest BCUT2D eigenvalue weighted by molar-refractivity contribution is 5.83. The predicted molar refractivity (Wildman–Crippen MR) is 113 cm³/mol. The van der Waals surface area contributed by atoms with Crippen molar-refractivity contribution in [3.63, 3.8) is 0 Å². The molecule has 0 fully saturated rings. The minimum Gasteiger partial charge on any atom is -0.508 e. The molecule has 33 heavy (non-hydrogen) atoms. The number of hydrogen-bond donors (Lipinski definition) is 7. The molecule has 2 aromatic heterocycles. The number of phenols is 1. The third-order valence-corrected chi connectivity index (χ3v) is 4.79. The van der Waals surface area contributed by atoms with Crippen LogP contribution in [-0.2, 0) is 17.6 Å². The van der Waals surface area contributed by atoms with E-state index in [4.69, 9.17) is 10.3 Å². The summed E-state index contributed by atoms with van der Waals surface area (Å²) in [4.78, 5) is 35.1. The van der Waals surface area contributed by atoms with Crippen molar-refractivity contribution in [1.82, 2.24) is 30.7 Å². The lowest BCUT2D eigenvalue weighted by Crippen LogP contribution is -2.49. The first-order valence-electron chi connectivity index (χ1n) is 10.1. The number of rotatable bonds is 10. The normalized spacial score (nSPS) is 14.8. The Morgan fingerprint density at radius 1 is 1.21 bits per heavy atom. The van der Waals surface area contributed by atoms with E-state index in [1.54, 1.807) is 18.3 Å². The van der Waals surface area contributed by atoms with Gasteiger partial charge in [0.15, 0.2) is 5.82 Å². The third kappa shape index (κ3) is 6.51. The number of aromatic hydroxyl groups is 1. The van der Waals surface area contributed by atoms with Crippen LogP contribution in [0.3, 0.4) is 0 Å². The number of hydrogen-bond acceptors (Lipinski definition) is 9. The van der Waals surface area contributed by atoms with E-state index in [9.17, 15) is 24.9 Å². The number of aromatic nitrogens is 4. The molecule has 2 amide bonds. The molecule has 8 N–H and O–H groups in total. The summed E-state index contributed by atoms with van der Waals surface area (Å²) in [6.07, 6.45) is 2.39. The molecule has 176 valence electrons. The molecule has 0 radical (unpaired) electrons. The zero-order valence-corrected chi connectivity index (χ0v) is 17.7. The van der Waals surface area contributed by atoms with E-state index in [0.717, 1.165) is 0 Å². The number of aliphatic carboxylic acids is 1. The standard InChI is InChI=1S/C20H25N7O6/c1-10(28)16(18-26-17(27-33-18)14(21)7-12-8-22-9-23-12)25-20(32)24-15(19(30)31)6-11-2-4-13(29)5-3-11/h2-5,8-10,14-16,28-29H,6-7,21H2,1H3,(H,22,23)(H,30,31)(H2,24,25,32)/t10-,14-,15-,16?/m0/s1. The molecule has 0 aliphatic heterocycles. The Labute approximate surface area is 188 Å². The van der Waals surface area contributed by atoms with Gasteiger partial charge in [0.2, 0.25) is 0 Å². The third-order valence-electron chi connectivity index (χ3n) is 4.79. The molecule has 13 heteroatoms. The maximum Gasteiger partial charge on any atom is 0.326 e. The highest BCUT2D eigenvalue weighted by atomic mass is 16.5. The lowest BCUT2D eigenvalue weighted by molar-refractivity contribution is -0.139. The Balaban J connectivity index is 1.64. The van der Waals surface area contributed by atoms with Crippen LogP contribution < -0.4 is 16.4 Å². The molecule has 0 spiro atoms. The van der Waals surface area contributed by atoms with E-state index in [-0.39, 0.29) is 23.9 Å². The molecule has 3 rings (SSSR count). The second-order valence-corrected chi connectivity index (χ2v) is 7.46. The van der Waals surface area contributed by atoms with Gasteiger partial charge in [-0.1, -0.05) is 17.3 Å². The molecule has 1 unspecified atom stereocenters. The number of carboxylic acids is 1. The lowest BCUT2D eigenvalue weighted by atomic mass is 10.1. The van der Waals surface area contributed by atoms with E-state index in [0.29, 0.717) is 17.7 Å². The number of benzene rings is 1. The maximum absolute atomic E-state index is 12.5. The number of imidazole rings is 1. The van der Waals surface area contributed by atoms with Crippen molar-refractivity contribution in [2.24, 2.45) is 5.73 Å². The van der Waals surface area contributed by atoms with E-state index in [1.807, 2.05) is 0 Å². The molecule has 1 aromatic carbocycles. The summed E-state index contributed by atoms with van der Waals surface area (Å²) in [7, 11) is 0. The van der Waals surface area contributed by atoms with E-state index < -0.39 is 36.2 Å². The van der Waals surface area contributed by atoms with Crippen molar-refractivity contribution in [2.75, 3.05) is 0 Å². The Bertz CT molecular complexity index is 1050. The lowest BCUT2D eigenvalue weighted by Gasteiger charge is -2.20. The van der Waals surface area contributed by atoms with Crippen LogP contribution in [0.15, 0.2) is 41.3 Å². The minimum absolute atomic E-state index is 0.0187. The highest BCUT2D eigenvalue weighted by Gasteiger charge is 2.29. The number of carbonyl (C=O) groups excluding carboxylic acids is 1. The van der Waals surface area contributed by atoms with Gasteiger partial charge in [0.1, 0.15) is 17.8 Å². The average Bonchev–Trinajstić information content (AvgIpc) is 3.45. The molecular weight excluding hydrogens is 434 g/mol. The minimum atomic E-state index is -1.26. The Morgan fingerprint density at radius 2 is 1.94 bits per heavy atom. The Kier molecular flexibility index (Phi) is 7.58. The maximum atomic E-state index is 12.5. The number of aliphatic hydroxyl groups is 1. The average molecular weight is 459 g/mol. The number of nitrogens with one attached hydrogen (secondary N) is 3. The number of nitrogens with zero attached hydrogens (tertiary/aromatic N) is 3. The van der Waals surface area contributed by atoms with Crippen LogP contribution in [0.2, 0.25) is 0 Å². The largest absolute Gasteiger partial charge is 0.508 e. The fourth-order valence-corrected chi connectivity index (χ4v) is 3.04. The van der Waals surface area contributed by atoms with Crippen molar-refractivity contribution in [3.05, 3.63) is 59.8 Å². The number of H-pyrrole nitrogens is 1. The molecule has 0 aliphatic rings. The van der Waals surface area contributed by atoms with Gasteiger partial charge < -0.3 is 41.2 Å². The second-order valence-electron chi connectivity index (χ2n) is 7.46. The quantitative estimate of drug-likeness (QED) is 0.218. The first-order valence-corrected chi connectivity index (χ1v) is 10.1. The topological polar surface area (TPSA) is 213 Å². The van der Waals surface area contributed by atoms with Gasteiger partial charge >= 0.3 is 12.0 Å². The van der Waals surface area contributed by atoms with E-state index in [2.05, 4.69) is 30.7 Å². The number of carboxylic acid groups (broad SMARTS) is 1. The molecule has 0 saturated carbocycles. The summed E-state index contributed by atoms with van der Waals surface area (Å²) in [6.45, 7) is 1.41. The van der Waals surface area contributed by atoms with Crippen LogP contribution in [0.1, 0.15) is 42.0 Å². The predicted octanol–water partition coefficient (Wildman–Crippen LogP) is 0.158. The fourth-order valence-electron chi connectivity index (χ4n) is 3.04. The van der Waals surface area contributed by atoms with Gasteiger partial charge in [0.25, 0.3) is 5.89 Å². The SMILES string of the molecule is C[C@H](O)C(NC(=O)N[C@@H](Cc1ccc(O)cc1)C(=O)O)c1nc([C@@H](N)Cc2c[nH]cn2)no1. The van der Waals surface area contributed by atoms with Crippen molar-refractivity contribution in [1.29, 1.82) is 0 Å². The number of nitrogens with two attached hydrogens (primary N) is 1. The monoisotopic (exact) mass is 459 g/mol. The fraction of sp³-hybridized carbons (Fsp3) is 0.350. The first-order chi connectivity index (χ1) is 15.7. The summed E-state index contributed by atoms with van der Waals surface area (Å²) in [5, 5.41) is 37.5. The number of aliphatic hydroxyl groups excluding tert-OH is 1. The Morgan fingerprint density at radius 3 is 2.55 bits per heavy atom. The smallest absolute Gasteiger partial charge is 0.326 e. The van der Waals surface area contributed by atoms with Gasteiger partial charge in [-0.2, -0.15) is 4.98 Å². The van der Waals surface area contributed by atoms with Crippen LogP contribution in [0.5, 0.6) is 5.75 Å². The zero-order chi connectivity index (χ0) is 24.0. The van der Waals surface area contributed by atoms with Crippen molar-refractivity contribution in [3.8, 4) is 5.75 Å². The summed E-state index contributed by atoms with van der Waals surface area (Å²) in [6, 6.07) is 2.09. The number of carbonyl (C=O) groups is 2. The van der Waals surface area contributed by atoms with Crippen molar-refractivity contribution >= 4 is 12.0 Å². The molecule has 0 saturated heterocycles. The molecule has 0 bridgehead atoms. The van der Waals surface area contributed by atoms with Gasteiger partial charge in [-0.3, -0.25) is 0 Å². The number of phenolic OH excluding ortho intramolecular Hbond substituents is 1. The van der Waals surface area contributed by atoms with E-state index >= 15 is 0 Å². The molecule has 13 nitrogen and oxygen atoms in total. The summed E-state index contributed by atoms with van der Waals surface area (Å²) in [5.41, 5.74) is 7.37. The molecule has 2 heterocycles. The van der Waals surface area contributed by atoms with Crippen LogP contribution in [0.25, 0.3) is 0 Å². The number of aromatic amines is 1. The molecular formula is C20H25N7O6. The van der Waals surface area contributed by atoms with Gasteiger partial charge in [-0.05, 0) is 24.6 Å². The van der Waals surface area contributed by atoms with Crippen molar-refractivity contribution in [2.45, 2.75) is 44.0 Å². The van der Waals surface area contributed by atoms with Crippen LogP contribution >= 0.6 is 0 Å². The van der Waals surface area contributed by atoms with E-state index in [1.165, 1.54) is 25.4 Å². The van der Waals surface area contributed by atoms with Crippen LogP contribution in [-0.4, -0.2) is 59.6 Å². The van der Waals surface area contributed by atoms with Gasteiger partial charge in [-0.15, -0.1) is 0 Å².